The second-order valence-corrected chi connectivity index (χ2v) is 5.92. The van der Waals surface area contributed by atoms with Crippen molar-refractivity contribution in [1.82, 2.24) is 4.90 Å². The van der Waals surface area contributed by atoms with Crippen LogP contribution in [-0.2, 0) is 11.3 Å². The molecule has 1 aromatic heterocycles. The van der Waals surface area contributed by atoms with Crippen LogP contribution >= 0.6 is 11.3 Å². The maximum absolute atomic E-state index is 12.1. The molecule has 0 bridgehead atoms. The van der Waals surface area contributed by atoms with Crippen molar-refractivity contribution in [3.63, 3.8) is 0 Å². The van der Waals surface area contributed by atoms with Crippen molar-refractivity contribution in [2.45, 2.75) is 20.4 Å². The lowest BCUT2D eigenvalue weighted by Crippen LogP contribution is -2.32. The summed E-state index contributed by atoms with van der Waals surface area (Å²) < 4.78 is 5.39. The van der Waals surface area contributed by atoms with E-state index in [1.54, 1.807) is 11.3 Å². The standard InChI is InChI=1S/C17H22N2O2S/c1-3-19(12-16-6-5-11-22-16)13-17(20)18-14-7-9-15(10-8-14)21-4-2/h5-11H,3-4,12-13H2,1-2H3,(H,18,20). The van der Waals surface area contributed by atoms with Gasteiger partial charge >= 0.3 is 0 Å². The summed E-state index contributed by atoms with van der Waals surface area (Å²) in [5.74, 6) is 0.816. The number of likely N-dealkylation sites (N-methyl/N-ethyl adjacent to an activating group) is 1. The van der Waals surface area contributed by atoms with Gasteiger partial charge < -0.3 is 10.1 Å². The number of rotatable bonds is 8. The predicted octanol–water partition coefficient (Wildman–Crippen LogP) is 3.61. The minimum atomic E-state index is 0.00238. The topological polar surface area (TPSA) is 41.6 Å². The van der Waals surface area contributed by atoms with Crippen molar-refractivity contribution in [2.24, 2.45) is 0 Å². The highest BCUT2D eigenvalue weighted by Gasteiger charge is 2.10. The molecule has 0 aliphatic rings. The second-order valence-electron chi connectivity index (χ2n) is 4.89. The largest absolute Gasteiger partial charge is 0.494 e. The summed E-state index contributed by atoms with van der Waals surface area (Å²) >= 11 is 1.72. The molecule has 0 saturated carbocycles. The molecule has 118 valence electrons. The van der Waals surface area contributed by atoms with Gasteiger partial charge in [-0.1, -0.05) is 13.0 Å². The minimum absolute atomic E-state index is 0.00238. The molecule has 1 N–H and O–H groups in total. The first-order chi connectivity index (χ1) is 10.7. The highest BCUT2D eigenvalue weighted by Crippen LogP contribution is 2.16. The van der Waals surface area contributed by atoms with Crippen LogP contribution in [0.4, 0.5) is 5.69 Å². The monoisotopic (exact) mass is 318 g/mol. The fourth-order valence-electron chi connectivity index (χ4n) is 2.11. The van der Waals surface area contributed by atoms with Crippen molar-refractivity contribution in [2.75, 3.05) is 25.0 Å². The number of amides is 1. The van der Waals surface area contributed by atoms with Crippen LogP contribution in [0.2, 0.25) is 0 Å². The Morgan fingerprint density at radius 1 is 1.23 bits per heavy atom. The molecule has 1 amide bonds. The van der Waals surface area contributed by atoms with E-state index >= 15 is 0 Å². The lowest BCUT2D eigenvalue weighted by atomic mass is 10.3. The van der Waals surface area contributed by atoms with Gasteiger partial charge in [0.1, 0.15) is 5.75 Å². The fraction of sp³-hybridized carbons (Fsp3) is 0.353. The zero-order chi connectivity index (χ0) is 15.8. The van der Waals surface area contributed by atoms with Crippen molar-refractivity contribution < 1.29 is 9.53 Å². The normalized spacial score (nSPS) is 10.7. The van der Waals surface area contributed by atoms with Gasteiger partial charge in [-0.25, -0.2) is 0 Å². The number of ether oxygens (including phenoxy) is 1. The first kappa shape index (κ1) is 16.5. The molecule has 2 rings (SSSR count). The Labute approximate surface area is 135 Å². The molecule has 0 atom stereocenters. The van der Waals surface area contributed by atoms with Gasteiger partial charge in [0.05, 0.1) is 13.2 Å². The van der Waals surface area contributed by atoms with Gasteiger partial charge in [0, 0.05) is 17.1 Å². The molecule has 0 aliphatic carbocycles. The third-order valence-corrected chi connectivity index (χ3v) is 4.08. The van der Waals surface area contributed by atoms with Gasteiger partial charge in [0.2, 0.25) is 5.91 Å². The van der Waals surface area contributed by atoms with Crippen molar-refractivity contribution in [3.05, 3.63) is 46.7 Å². The number of thiophene rings is 1. The third kappa shape index (κ3) is 5.16. The molecule has 1 heterocycles. The molecule has 0 saturated heterocycles. The van der Waals surface area contributed by atoms with Gasteiger partial charge in [-0.15, -0.1) is 11.3 Å². The van der Waals surface area contributed by atoms with Crippen LogP contribution in [0.1, 0.15) is 18.7 Å². The van der Waals surface area contributed by atoms with Crippen LogP contribution in [0.5, 0.6) is 5.75 Å². The number of anilines is 1. The number of carbonyl (C=O) groups excluding carboxylic acids is 1. The molecule has 0 spiro atoms. The molecule has 0 radical (unpaired) electrons. The maximum Gasteiger partial charge on any atom is 0.238 e. The van der Waals surface area contributed by atoms with Crippen LogP contribution in [0, 0.1) is 0 Å². The lowest BCUT2D eigenvalue weighted by Gasteiger charge is -2.19. The van der Waals surface area contributed by atoms with Crippen LogP contribution < -0.4 is 10.1 Å². The van der Waals surface area contributed by atoms with E-state index in [-0.39, 0.29) is 5.91 Å². The Hall–Kier alpha value is -1.85. The van der Waals surface area contributed by atoms with Gasteiger partial charge in [0.25, 0.3) is 0 Å². The van der Waals surface area contributed by atoms with Gasteiger partial charge in [-0.2, -0.15) is 0 Å². The number of hydrogen-bond acceptors (Lipinski definition) is 4. The summed E-state index contributed by atoms with van der Waals surface area (Å²) in [7, 11) is 0. The van der Waals surface area contributed by atoms with Crippen LogP contribution in [0.3, 0.4) is 0 Å². The minimum Gasteiger partial charge on any atom is -0.494 e. The molecular weight excluding hydrogens is 296 g/mol. The van der Waals surface area contributed by atoms with E-state index in [9.17, 15) is 4.79 Å². The van der Waals surface area contributed by atoms with Crippen LogP contribution in [0.25, 0.3) is 0 Å². The Morgan fingerprint density at radius 2 is 2.00 bits per heavy atom. The Kier molecular flexibility index (Phi) is 6.43. The van der Waals surface area contributed by atoms with Gasteiger partial charge in [-0.05, 0) is 49.2 Å². The van der Waals surface area contributed by atoms with E-state index in [4.69, 9.17) is 4.74 Å². The number of hydrogen-bond donors (Lipinski definition) is 1. The average molecular weight is 318 g/mol. The van der Waals surface area contributed by atoms with Crippen molar-refractivity contribution in [3.8, 4) is 5.75 Å². The summed E-state index contributed by atoms with van der Waals surface area (Å²) in [4.78, 5) is 15.5. The number of benzene rings is 1. The van der Waals surface area contributed by atoms with Gasteiger partial charge in [0.15, 0.2) is 0 Å². The van der Waals surface area contributed by atoms with Crippen molar-refractivity contribution in [1.29, 1.82) is 0 Å². The summed E-state index contributed by atoms with van der Waals surface area (Å²) in [6.45, 7) is 6.70. The molecule has 22 heavy (non-hydrogen) atoms. The van der Waals surface area contributed by atoms with E-state index in [0.29, 0.717) is 13.2 Å². The van der Waals surface area contributed by atoms with E-state index in [1.165, 1.54) is 4.88 Å². The second kappa shape index (κ2) is 8.56. The first-order valence-corrected chi connectivity index (χ1v) is 8.36. The van der Waals surface area contributed by atoms with E-state index in [1.807, 2.05) is 37.3 Å². The number of nitrogens with one attached hydrogen (secondary N) is 1. The number of nitrogens with zero attached hydrogens (tertiary/aromatic N) is 1. The SMILES string of the molecule is CCOc1ccc(NC(=O)CN(CC)Cc2cccs2)cc1. The van der Waals surface area contributed by atoms with E-state index in [0.717, 1.165) is 24.5 Å². The number of carbonyl (C=O) groups is 1. The Morgan fingerprint density at radius 3 is 2.59 bits per heavy atom. The van der Waals surface area contributed by atoms with Gasteiger partial charge in [-0.3, -0.25) is 9.69 Å². The quantitative estimate of drug-likeness (QED) is 0.808. The molecule has 5 heteroatoms. The van der Waals surface area contributed by atoms with E-state index in [2.05, 4.69) is 28.6 Å². The van der Waals surface area contributed by atoms with Crippen LogP contribution in [-0.4, -0.2) is 30.5 Å². The molecule has 4 nitrogen and oxygen atoms in total. The molecule has 1 aromatic carbocycles. The molecule has 0 unspecified atom stereocenters. The zero-order valence-electron chi connectivity index (χ0n) is 13.0. The fourth-order valence-corrected chi connectivity index (χ4v) is 2.85. The van der Waals surface area contributed by atoms with Crippen molar-refractivity contribution >= 4 is 22.9 Å². The molecule has 0 fully saturated rings. The molecular formula is C17H22N2O2S. The molecule has 2 aromatic rings. The lowest BCUT2D eigenvalue weighted by molar-refractivity contribution is -0.117. The Balaban J connectivity index is 1.85. The summed E-state index contributed by atoms with van der Waals surface area (Å²) in [6.07, 6.45) is 0. The highest BCUT2D eigenvalue weighted by molar-refractivity contribution is 7.09. The zero-order valence-corrected chi connectivity index (χ0v) is 13.9. The third-order valence-electron chi connectivity index (χ3n) is 3.22. The Bertz CT molecular complexity index is 567. The summed E-state index contributed by atoms with van der Waals surface area (Å²) in [5, 5.41) is 4.98. The van der Waals surface area contributed by atoms with Crippen LogP contribution in [0.15, 0.2) is 41.8 Å². The summed E-state index contributed by atoms with van der Waals surface area (Å²) in [6, 6.07) is 11.6. The summed E-state index contributed by atoms with van der Waals surface area (Å²) in [5.41, 5.74) is 0.792. The molecule has 0 aliphatic heterocycles. The average Bonchev–Trinajstić information content (AvgIpc) is 3.02. The maximum atomic E-state index is 12.1. The first-order valence-electron chi connectivity index (χ1n) is 7.48. The smallest absolute Gasteiger partial charge is 0.238 e. The van der Waals surface area contributed by atoms with E-state index < -0.39 is 0 Å². The predicted molar refractivity (Wildman–Crippen MR) is 91.5 cm³/mol. The highest BCUT2D eigenvalue weighted by atomic mass is 32.1.